The van der Waals surface area contributed by atoms with E-state index in [2.05, 4.69) is 10.3 Å². The van der Waals surface area contributed by atoms with Crippen LogP contribution in [0.15, 0.2) is 47.8 Å². The number of aryl methyl sites for hydroxylation is 2. The molecule has 3 aromatic rings. The summed E-state index contributed by atoms with van der Waals surface area (Å²) in [6.07, 6.45) is 0. The molecule has 1 amide bonds. The van der Waals surface area contributed by atoms with E-state index in [0.717, 1.165) is 16.1 Å². The summed E-state index contributed by atoms with van der Waals surface area (Å²) in [6.45, 7) is 3.68. The number of phenolic OH excluding ortho intramolecular Hbond substituents is 1. The summed E-state index contributed by atoms with van der Waals surface area (Å²) in [5.41, 5.74) is 3.32. The molecule has 0 aliphatic rings. The Labute approximate surface area is 138 Å². The highest BCUT2D eigenvalue weighted by atomic mass is 32.1. The van der Waals surface area contributed by atoms with Crippen LogP contribution in [0, 0.1) is 13.8 Å². The van der Waals surface area contributed by atoms with E-state index in [9.17, 15) is 9.90 Å². The molecule has 1 aromatic carbocycles. The molecule has 5 heteroatoms. The molecule has 0 atom stereocenters. The third kappa shape index (κ3) is 3.24. The normalized spacial score (nSPS) is 10.5. The molecule has 0 aliphatic heterocycles. The molecule has 0 bridgehead atoms. The van der Waals surface area contributed by atoms with Crippen LogP contribution in [-0.2, 0) is 0 Å². The standard InChI is InChI=1S/C18H16N2O2S/c1-11-5-7-14(16(21)10-11)20-18(22)13-6-8-15(19-12(13)2)17-4-3-9-23-17/h3-10,21H,1-2H3,(H,20,22). The molecule has 23 heavy (non-hydrogen) atoms. The summed E-state index contributed by atoms with van der Waals surface area (Å²) < 4.78 is 0. The Balaban J connectivity index is 1.85. The number of carbonyl (C=O) groups excluding carboxylic acids is 1. The minimum Gasteiger partial charge on any atom is -0.506 e. The number of carbonyl (C=O) groups is 1. The topological polar surface area (TPSA) is 62.2 Å². The van der Waals surface area contributed by atoms with Gasteiger partial charge < -0.3 is 10.4 Å². The largest absolute Gasteiger partial charge is 0.506 e. The second-order valence-corrected chi connectivity index (χ2v) is 6.23. The molecule has 2 N–H and O–H groups in total. The van der Waals surface area contributed by atoms with E-state index in [-0.39, 0.29) is 11.7 Å². The number of aromatic hydroxyl groups is 1. The summed E-state index contributed by atoms with van der Waals surface area (Å²) in [6, 6.07) is 12.7. The first-order valence-corrected chi connectivity index (χ1v) is 8.05. The predicted molar refractivity (Wildman–Crippen MR) is 93.1 cm³/mol. The number of benzene rings is 1. The Kier molecular flexibility index (Phi) is 4.12. The van der Waals surface area contributed by atoms with Crippen molar-refractivity contribution in [3.8, 4) is 16.3 Å². The van der Waals surface area contributed by atoms with E-state index < -0.39 is 0 Å². The lowest BCUT2D eigenvalue weighted by Gasteiger charge is -2.10. The summed E-state index contributed by atoms with van der Waals surface area (Å²) in [7, 11) is 0. The molecule has 3 rings (SSSR count). The molecule has 0 unspecified atom stereocenters. The molecular weight excluding hydrogens is 308 g/mol. The zero-order valence-corrected chi connectivity index (χ0v) is 13.6. The average Bonchev–Trinajstić information content (AvgIpc) is 3.04. The fraction of sp³-hybridized carbons (Fsp3) is 0.111. The Morgan fingerprint density at radius 1 is 1.17 bits per heavy atom. The summed E-state index contributed by atoms with van der Waals surface area (Å²) in [5.74, 6) is -0.231. The smallest absolute Gasteiger partial charge is 0.257 e. The van der Waals surface area contributed by atoms with E-state index in [4.69, 9.17) is 0 Å². The second kappa shape index (κ2) is 6.22. The van der Waals surface area contributed by atoms with Crippen LogP contribution in [0.25, 0.3) is 10.6 Å². The van der Waals surface area contributed by atoms with Gasteiger partial charge >= 0.3 is 0 Å². The molecule has 2 heterocycles. The van der Waals surface area contributed by atoms with Gasteiger partial charge in [0.15, 0.2) is 0 Å². The number of rotatable bonds is 3. The molecule has 116 valence electrons. The molecule has 0 saturated heterocycles. The van der Waals surface area contributed by atoms with E-state index in [0.29, 0.717) is 16.9 Å². The monoisotopic (exact) mass is 324 g/mol. The quantitative estimate of drug-likeness (QED) is 0.703. The fourth-order valence-corrected chi connectivity index (χ4v) is 2.99. The molecule has 4 nitrogen and oxygen atoms in total. The van der Waals surface area contributed by atoms with Gasteiger partial charge in [-0.1, -0.05) is 12.1 Å². The maximum Gasteiger partial charge on any atom is 0.257 e. The highest BCUT2D eigenvalue weighted by molar-refractivity contribution is 7.13. The van der Waals surface area contributed by atoms with Crippen molar-refractivity contribution in [1.82, 2.24) is 4.98 Å². The predicted octanol–water partition coefficient (Wildman–Crippen LogP) is 4.38. The van der Waals surface area contributed by atoms with Gasteiger partial charge in [0.05, 0.1) is 27.5 Å². The van der Waals surface area contributed by atoms with Gasteiger partial charge in [0, 0.05) is 0 Å². The Morgan fingerprint density at radius 2 is 2.00 bits per heavy atom. The molecule has 0 fully saturated rings. The van der Waals surface area contributed by atoms with E-state index in [1.807, 2.05) is 36.6 Å². The van der Waals surface area contributed by atoms with Crippen molar-refractivity contribution < 1.29 is 9.90 Å². The molecular formula is C18H16N2O2S. The van der Waals surface area contributed by atoms with Gasteiger partial charge in [-0.3, -0.25) is 9.78 Å². The maximum absolute atomic E-state index is 12.4. The van der Waals surface area contributed by atoms with Crippen LogP contribution in [0.1, 0.15) is 21.6 Å². The van der Waals surface area contributed by atoms with Gasteiger partial charge in [0.25, 0.3) is 5.91 Å². The number of hydrogen-bond acceptors (Lipinski definition) is 4. The second-order valence-electron chi connectivity index (χ2n) is 5.28. The SMILES string of the molecule is Cc1ccc(NC(=O)c2ccc(-c3cccs3)nc2C)c(O)c1. The Bertz CT molecular complexity index is 857. The highest BCUT2D eigenvalue weighted by Crippen LogP contribution is 2.26. The molecule has 0 aliphatic carbocycles. The number of amides is 1. The van der Waals surface area contributed by atoms with Crippen LogP contribution in [0.3, 0.4) is 0 Å². The van der Waals surface area contributed by atoms with Crippen LogP contribution in [-0.4, -0.2) is 16.0 Å². The van der Waals surface area contributed by atoms with Gasteiger partial charge in [0.2, 0.25) is 0 Å². The van der Waals surface area contributed by atoms with Gasteiger partial charge in [0.1, 0.15) is 5.75 Å². The fourth-order valence-electron chi connectivity index (χ4n) is 2.30. The molecule has 0 radical (unpaired) electrons. The number of nitrogens with one attached hydrogen (secondary N) is 1. The molecule has 0 spiro atoms. The van der Waals surface area contributed by atoms with E-state index >= 15 is 0 Å². The summed E-state index contributed by atoms with van der Waals surface area (Å²) in [4.78, 5) is 18.0. The van der Waals surface area contributed by atoms with Crippen molar-refractivity contribution in [2.75, 3.05) is 5.32 Å². The molecule has 2 aromatic heterocycles. The summed E-state index contributed by atoms with van der Waals surface area (Å²) >= 11 is 1.61. The third-order valence-corrected chi connectivity index (χ3v) is 4.40. The first-order valence-electron chi connectivity index (χ1n) is 7.17. The van der Waals surface area contributed by atoms with Crippen LogP contribution in [0.5, 0.6) is 5.75 Å². The average molecular weight is 324 g/mol. The number of phenols is 1. The first kappa shape index (κ1) is 15.2. The van der Waals surface area contributed by atoms with Crippen molar-refractivity contribution in [1.29, 1.82) is 0 Å². The minimum atomic E-state index is -0.285. The Morgan fingerprint density at radius 3 is 2.65 bits per heavy atom. The van der Waals surface area contributed by atoms with Gasteiger partial charge in [-0.05, 0) is 55.1 Å². The van der Waals surface area contributed by atoms with E-state index in [1.54, 1.807) is 36.5 Å². The number of thiophene rings is 1. The van der Waals surface area contributed by atoms with Gasteiger partial charge in [-0.2, -0.15) is 0 Å². The number of pyridine rings is 1. The number of anilines is 1. The first-order chi connectivity index (χ1) is 11.0. The van der Waals surface area contributed by atoms with Crippen LogP contribution in [0.4, 0.5) is 5.69 Å². The van der Waals surface area contributed by atoms with Crippen molar-refractivity contribution in [3.05, 3.63) is 64.7 Å². The lowest BCUT2D eigenvalue weighted by molar-refractivity contribution is 0.102. The lowest BCUT2D eigenvalue weighted by atomic mass is 10.1. The number of nitrogens with zero attached hydrogens (tertiary/aromatic N) is 1. The zero-order valence-electron chi connectivity index (χ0n) is 12.8. The number of aromatic nitrogens is 1. The highest BCUT2D eigenvalue weighted by Gasteiger charge is 2.13. The van der Waals surface area contributed by atoms with Gasteiger partial charge in [-0.15, -0.1) is 11.3 Å². The third-order valence-electron chi connectivity index (χ3n) is 3.51. The minimum absolute atomic E-state index is 0.0548. The van der Waals surface area contributed by atoms with Gasteiger partial charge in [-0.25, -0.2) is 0 Å². The van der Waals surface area contributed by atoms with Crippen LogP contribution < -0.4 is 5.32 Å². The maximum atomic E-state index is 12.4. The van der Waals surface area contributed by atoms with Crippen molar-refractivity contribution >= 4 is 22.9 Å². The van der Waals surface area contributed by atoms with Crippen LogP contribution >= 0.6 is 11.3 Å². The molecule has 0 saturated carbocycles. The van der Waals surface area contributed by atoms with Crippen molar-refractivity contribution in [2.45, 2.75) is 13.8 Å². The summed E-state index contributed by atoms with van der Waals surface area (Å²) in [5, 5.41) is 14.6. The number of hydrogen-bond donors (Lipinski definition) is 2. The van der Waals surface area contributed by atoms with E-state index in [1.165, 1.54) is 0 Å². The van der Waals surface area contributed by atoms with Crippen molar-refractivity contribution in [3.63, 3.8) is 0 Å². The lowest BCUT2D eigenvalue weighted by Crippen LogP contribution is -2.14. The van der Waals surface area contributed by atoms with Crippen molar-refractivity contribution in [2.24, 2.45) is 0 Å². The zero-order chi connectivity index (χ0) is 16.4. The Hall–Kier alpha value is -2.66. The van der Waals surface area contributed by atoms with Crippen LogP contribution in [0.2, 0.25) is 0 Å².